The molecule has 0 aliphatic rings. The first kappa shape index (κ1) is 14.3. The van der Waals surface area contributed by atoms with Crippen molar-refractivity contribution < 1.29 is 0 Å². The van der Waals surface area contributed by atoms with Crippen LogP contribution in [0, 0.1) is 5.41 Å². The minimum absolute atomic E-state index is 0.201. The molecule has 0 unspecified atom stereocenters. The van der Waals surface area contributed by atoms with Crippen molar-refractivity contribution in [3.63, 3.8) is 0 Å². The van der Waals surface area contributed by atoms with Crippen molar-refractivity contribution in [2.24, 2.45) is 5.73 Å². The highest BCUT2D eigenvalue weighted by molar-refractivity contribution is 5.78. The molecule has 108 valence electrons. The molecule has 2 heterocycles. The molecule has 20 heavy (non-hydrogen) atoms. The van der Waals surface area contributed by atoms with Gasteiger partial charge in [0.15, 0.2) is 5.82 Å². The van der Waals surface area contributed by atoms with E-state index >= 15 is 0 Å². The van der Waals surface area contributed by atoms with E-state index in [4.69, 9.17) is 11.1 Å². The molecule has 0 spiro atoms. The summed E-state index contributed by atoms with van der Waals surface area (Å²) in [5, 5.41) is 11.9. The summed E-state index contributed by atoms with van der Waals surface area (Å²) >= 11 is 0. The monoisotopic (exact) mass is 274 g/mol. The Morgan fingerprint density at radius 3 is 2.85 bits per heavy atom. The van der Waals surface area contributed by atoms with Crippen LogP contribution in [0.2, 0.25) is 0 Å². The van der Waals surface area contributed by atoms with Crippen molar-refractivity contribution in [1.29, 1.82) is 5.41 Å². The largest absolute Gasteiger partial charge is 0.388 e. The summed E-state index contributed by atoms with van der Waals surface area (Å²) in [7, 11) is 0. The molecule has 0 aliphatic heterocycles. The third kappa shape index (κ3) is 2.89. The molecule has 0 atom stereocenters. The first-order valence-corrected chi connectivity index (χ1v) is 6.95. The zero-order valence-corrected chi connectivity index (χ0v) is 12.3. The second-order valence-corrected chi connectivity index (χ2v) is 5.16. The fourth-order valence-corrected chi connectivity index (χ4v) is 2.12. The summed E-state index contributed by atoms with van der Waals surface area (Å²) in [4.78, 5) is 6.61. The predicted octanol–water partition coefficient (Wildman–Crippen LogP) is 2.01. The van der Waals surface area contributed by atoms with Crippen molar-refractivity contribution in [3.05, 3.63) is 24.2 Å². The van der Waals surface area contributed by atoms with Crippen LogP contribution in [0.25, 0.3) is 5.52 Å². The lowest BCUT2D eigenvalue weighted by atomic mass is 10.1. The molecule has 0 saturated heterocycles. The summed E-state index contributed by atoms with van der Waals surface area (Å²) in [6, 6.07) is 2.09. The van der Waals surface area contributed by atoms with Gasteiger partial charge < -0.3 is 10.6 Å². The second kappa shape index (κ2) is 5.90. The highest BCUT2D eigenvalue weighted by Crippen LogP contribution is 2.22. The molecule has 2 aromatic rings. The van der Waals surface area contributed by atoms with Gasteiger partial charge in [0.05, 0.1) is 11.5 Å². The zero-order valence-electron chi connectivity index (χ0n) is 12.3. The van der Waals surface area contributed by atoms with Gasteiger partial charge in [0.25, 0.3) is 0 Å². The molecule has 6 heteroatoms. The number of amidine groups is 1. The van der Waals surface area contributed by atoms with Crippen LogP contribution in [-0.4, -0.2) is 33.5 Å². The second-order valence-electron chi connectivity index (χ2n) is 5.16. The van der Waals surface area contributed by atoms with Crippen LogP contribution in [0.3, 0.4) is 0 Å². The lowest BCUT2D eigenvalue weighted by Crippen LogP contribution is -2.28. The number of rotatable bonds is 6. The van der Waals surface area contributed by atoms with Gasteiger partial charge in [0.2, 0.25) is 0 Å². The number of aromatic nitrogens is 3. The Morgan fingerprint density at radius 1 is 1.50 bits per heavy atom. The minimum Gasteiger partial charge on any atom is -0.388 e. The molecule has 0 fully saturated rings. The van der Waals surface area contributed by atoms with Crippen LogP contribution in [0.1, 0.15) is 38.8 Å². The molecule has 0 aliphatic carbocycles. The lowest BCUT2D eigenvalue weighted by molar-refractivity contribution is 0.780. The number of fused-ring (bicyclic) bond motifs is 1. The van der Waals surface area contributed by atoms with E-state index in [1.807, 2.05) is 10.7 Å². The molecular formula is C14H22N6. The summed E-state index contributed by atoms with van der Waals surface area (Å²) in [5.74, 6) is 1.48. The number of hydrogen-bond donors (Lipinski definition) is 2. The summed E-state index contributed by atoms with van der Waals surface area (Å²) in [6.45, 7) is 7.85. The van der Waals surface area contributed by atoms with E-state index < -0.39 is 0 Å². The highest BCUT2D eigenvalue weighted by atomic mass is 15.3. The van der Waals surface area contributed by atoms with E-state index in [9.17, 15) is 0 Å². The van der Waals surface area contributed by atoms with Crippen LogP contribution in [0.15, 0.2) is 18.5 Å². The average Bonchev–Trinajstić information content (AvgIpc) is 2.84. The predicted molar refractivity (Wildman–Crippen MR) is 81.5 cm³/mol. The molecule has 2 rings (SSSR count). The fraction of sp³-hybridized carbons (Fsp3) is 0.500. The number of nitrogens with two attached hydrogens (primary N) is 1. The zero-order chi connectivity index (χ0) is 14.7. The third-order valence-corrected chi connectivity index (χ3v) is 3.31. The molecule has 0 bridgehead atoms. The number of nitrogens with one attached hydrogen (secondary N) is 1. The minimum atomic E-state index is 0.201. The summed E-state index contributed by atoms with van der Waals surface area (Å²) < 4.78 is 1.87. The normalized spacial score (nSPS) is 11.2. The van der Waals surface area contributed by atoms with E-state index in [1.165, 1.54) is 0 Å². The molecular weight excluding hydrogens is 252 g/mol. The Kier molecular flexibility index (Phi) is 4.22. The van der Waals surface area contributed by atoms with Gasteiger partial charge in [0.1, 0.15) is 5.52 Å². The van der Waals surface area contributed by atoms with Gasteiger partial charge in [-0.25, -0.2) is 9.50 Å². The molecule has 2 aromatic heterocycles. The fourth-order valence-electron chi connectivity index (χ4n) is 2.12. The summed E-state index contributed by atoms with van der Waals surface area (Å²) in [5.41, 5.74) is 7.51. The topological polar surface area (TPSA) is 83.3 Å². The Labute approximate surface area is 119 Å². The Hall–Kier alpha value is -2.11. The van der Waals surface area contributed by atoms with Crippen molar-refractivity contribution in [1.82, 2.24) is 14.6 Å². The van der Waals surface area contributed by atoms with Crippen LogP contribution >= 0.6 is 0 Å². The van der Waals surface area contributed by atoms with E-state index in [0.717, 1.165) is 23.6 Å². The number of hydrogen-bond acceptors (Lipinski definition) is 4. The van der Waals surface area contributed by atoms with Crippen molar-refractivity contribution >= 4 is 17.2 Å². The maximum Gasteiger partial charge on any atom is 0.154 e. The molecule has 6 nitrogen and oxygen atoms in total. The number of nitrogens with zero attached hydrogens (tertiary/aromatic N) is 4. The maximum absolute atomic E-state index is 7.36. The van der Waals surface area contributed by atoms with E-state index in [-0.39, 0.29) is 5.84 Å². The van der Waals surface area contributed by atoms with Gasteiger partial charge in [-0.1, -0.05) is 13.8 Å². The standard InChI is InChI=1S/C14H22N6/c1-4-19(7-5-13(15)16)14-12-9-11(10(2)3)18-20(12)8-6-17-14/h6,8-10H,4-5,7H2,1-3H3,(H3,15,16). The number of anilines is 1. The maximum atomic E-state index is 7.36. The summed E-state index contributed by atoms with van der Waals surface area (Å²) in [6.07, 6.45) is 4.17. The molecule has 0 radical (unpaired) electrons. The van der Waals surface area contributed by atoms with Gasteiger partial charge in [-0.2, -0.15) is 5.10 Å². The molecule has 0 amide bonds. The average molecular weight is 274 g/mol. The van der Waals surface area contributed by atoms with E-state index in [2.05, 4.69) is 41.8 Å². The first-order chi connectivity index (χ1) is 9.52. The lowest BCUT2D eigenvalue weighted by Gasteiger charge is -2.22. The third-order valence-electron chi connectivity index (χ3n) is 3.31. The van der Waals surface area contributed by atoms with E-state index in [1.54, 1.807) is 6.20 Å². The highest BCUT2D eigenvalue weighted by Gasteiger charge is 2.14. The van der Waals surface area contributed by atoms with Crippen LogP contribution in [0.4, 0.5) is 5.82 Å². The van der Waals surface area contributed by atoms with Gasteiger partial charge in [0, 0.05) is 31.9 Å². The van der Waals surface area contributed by atoms with Crippen molar-refractivity contribution in [2.45, 2.75) is 33.1 Å². The van der Waals surface area contributed by atoms with E-state index in [0.29, 0.717) is 18.9 Å². The van der Waals surface area contributed by atoms with Crippen LogP contribution in [-0.2, 0) is 0 Å². The smallest absolute Gasteiger partial charge is 0.154 e. The van der Waals surface area contributed by atoms with Crippen LogP contribution < -0.4 is 10.6 Å². The molecule has 0 saturated carbocycles. The Morgan fingerprint density at radius 2 is 2.25 bits per heavy atom. The van der Waals surface area contributed by atoms with Gasteiger partial charge in [-0.15, -0.1) is 0 Å². The molecule has 0 aromatic carbocycles. The Bertz CT molecular complexity index is 601. The first-order valence-electron chi connectivity index (χ1n) is 6.95. The SMILES string of the molecule is CCN(CCC(=N)N)c1nccn2nc(C(C)C)cc12. The quantitative estimate of drug-likeness (QED) is 0.623. The van der Waals surface area contributed by atoms with Crippen molar-refractivity contribution in [3.8, 4) is 0 Å². The van der Waals surface area contributed by atoms with Crippen LogP contribution in [0.5, 0.6) is 0 Å². The van der Waals surface area contributed by atoms with Gasteiger partial charge in [-0.3, -0.25) is 5.41 Å². The van der Waals surface area contributed by atoms with Gasteiger partial charge >= 0.3 is 0 Å². The molecule has 3 N–H and O–H groups in total. The Balaban J connectivity index is 2.38. The van der Waals surface area contributed by atoms with Gasteiger partial charge in [-0.05, 0) is 18.9 Å². The van der Waals surface area contributed by atoms with Crippen molar-refractivity contribution in [2.75, 3.05) is 18.0 Å².